The van der Waals surface area contributed by atoms with Crippen molar-refractivity contribution < 1.29 is 23.6 Å². The number of hydrogen-bond acceptors (Lipinski definition) is 7. The lowest BCUT2D eigenvalue weighted by molar-refractivity contribution is -0.145. The number of carbonyl (C=O) groups excluding carboxylic acids is 2. The maximum atomic E-state index is 11.9. The van der Waals surface area contributed by atoms with Crippen molar-refractivity contribution >= 4 is 23.5 Å². The summed E-state index contributed by atoms with van der Waals surface area (Å²) in [5.74, 6) is -0.0144. The molecular weight excluding hydrogens is 384 g/mol. The molecule has 0 fully saturated rings. The minimum absolute atomic E-state index is 0.111. The van der Waals surface area contributed by atoms with Crippen LogP contribution in [0.25, 0.3) is 11.4 Å². The van der Waals surface area contributed by atoms with E-state index in [1.165, 1.54) is 7.11 Å². The Morgan fingerprint density at radius 3 is 2.46 bits per heavy atom. The van der Waals surface area contributed by atoms with Gasteiger partial charge in [-0.3, -0.25) is 4.79 Å². The maximum Gasteiger partial charge on any atom is 0.337 e. The van der Waals surface area contributed by atoms with E-state index in [1.807, 2.05) is 0 Å². The zero-order valence-electron chi connectivity index (χ0n) is 15.1. The van der Waals surface area contributed by atoms with E-state index < -0.39 is 5.97 Å². The summed E-state index contributed by atoms with van der Waals surface area (Å²) in [7, 11) is 1.32. The van der Waals surface area contributed by atoms with Crippen molar-refractivity contribution in [3.05, 3.63) is 70.6 Å². The van der Waals surface area contributed by atoms with Gasteiger partial charge in [-0.2, -0.15) is 4.98 Å². The quantitative estimate of drug-likeness (QED) is 0.556. The molecular formula is C20H17ClN2O5. The molecule has 3 rings (SSSR count). The first kappa shape index (κ1) is 19.6. The van der Waals surface area contributed by atoms with Crippen LogP contribution < -0.4 is 0 Å². The SMILES string of the molecule is COC(=O)c1ccc(COC(=O)CCc2nc(-c3ccc(Cl)cc3)no2)cc1. The highest BCUT2D eigenvalue weighted by atomic mass is 35.5. The standard InChI is InChI=1S/C20H17ClN2O5/c1-26-20(25)15-4-2-13(3-5-15)12-27-18(24)11-10-17-22-19(23-28-17)14-6-8-16(21)9-7-14/h2-9H,10-12H2,1H3. The minimum atomic E-state index is -0.416. The summed E-state index contributed by atoms with van der Waals surface area (Å²) in [6, 6.07) is 13.7. The molecule has 1 heterocycles. The van der Waals surface area contributed by atoms with E-state index in [-0.39, 0.29) is 25.4 Å². The number of aryl methyl sites for hydroxylation is 1. The third-order valence-electron chi connectivity index (χ3n) is 3.89. The van der Waals surface area contributed by atoms with Crippen molar-refractivity contribution in [2.75, 3.05) is 7.11 Å². The largest absolute Gasteiger partial charge is 0.465 e. The van der Waals surface area contributed by atoms with Crippen LogP contribution >= 0.6 is 11.6 Å². The van der Waals surface area contributed by atoms with Crippen LogP contribution in [0.3, 0.4) is 0 Å². The molecule has 0 aliphatic rings. The van der Waals surface area contributed by atoms with Crippen LogP contribution in [-0.2, 0) is 27.3 Å². The van der Waals surface area contributed by atoms with E-state index in [4.69, 9.17) is 20.9 Å². The number of hydrogen-bond donors (Lipinski definition) is 0. The van der Waals surface area contributed by atoms with E-state index in [2.05, 4.69) is 14.9 Å². The highest BCUT2D eigenvalue weighted by Gasteiger charge is 2.12. The monoisotopic (exact) mass is 400 g/mol. The van der Waals surface area contributed by atoms with Gasteiger partial charge in [-0.05, 0) is 42.0 Å². The number of benzene rings is 2. The predicted molar refractivity (Wildman–Crippen MR) is 101 cm³/mol. The number of methoxy groups -OCH3 is 1. The fourth-order valence-electron chi connectivity index (χ4n) is 2.37. The smallest absolute Gasteiger partial charge is 0.337 e. The van der Waals surface area contributed by atoms with Crippen molar-refractivity contribution in [1.82, 2.24) is 10.1 Å². The van der Waals surface area contributed by atoms with Gasteiger partial charge in [0, 0.05) is 17.0 Å². The summed E-state index contributed by atoms with van der Waals surface area (Å²) in [6.07, 6.45) is 0.392. The first-order valence-corrected chi connectivity index (χ1v) is 8.84. The Bertz CT molecular complexity index is 951. The van der Waals surface area contributed by atoms with Crippen LogP contribution in [0, 0.1) is 0 Å². The third-order valence-corrected chi connectivity index (χ3v) is 4.14. The predicted octanol–water partition coefficient (Wildman–Crippen LogP) is 3.85. The lowest BCUT2D eigenvalue weighted by Gasteiger charge is -2.05. The van der Waals surface area contributed by atoms with Gasteiger partial charge >= 0.3 is 11.9 Å². The van der Waals surface area contributed by atoms with Gasteiger partial charge in [-0.1, -0.05) is 28.9 Å². The number of esters is 2. The van der Waals surface area contributed by atoms with Gasteiger partial charge in [0.1, 0.15) is 6.61 Å². The van der Waals surface area contributed by atoms with Crippen molar-refractivity contribution in [2.24, 2.45) is 0 Å². The van der Waals surface area contributed by atoms with E-state index in [9.17, 15) is 9.59 Å². The van der Waals surface area contributed by atoms with Gasteiger partial charge in [0.2, 0.25) is 11.7 Å². The Balaban J connectivity index is 1.47. The maximum absolute atomic E-state index is 11.9. The van der Waals surface area contributed by atoms with E-state index in [0.29, 0.717) is 22.3 Å². The second-order valence-corrected chi connectivity index (χ2v) is 6.30. The van der Waals surface area contributed by atoms with Crippen LogP contribution in [-0.4, -0.2) is 29.2 Å². The normalized spacial score (nSPS) is 10.5. The fraction of sp³-hybridized carbons (Fsp3) is 0.200. The average Bonchev–Trinajstić information content (AvgIpc) is 3.20. The van der Waals surface area contributed by atoms with Gasteiger partial charge in [0.25, 0.3) is 0 Å². The molecule has 0 aliphatic heterocycles. The van der Waals surface area contributed by atoms with Gasteiger partial charge in [-0.15, -0.1) is 0 Å². The van der Waals surface area contributed by atoms with Gasteiger partial charge in [0.05, 0.1) is 19.1 Å². The van der Waals surface area contributed by atoms with Crippen LogP contribution in [0.2, 0.25) is 5.02 Å². The Kier molecular flexibility index (Phi) is 6.39. The molecule has 0 saturated carbocycles. The number of ether oxygens (including phenoxy) is 2. The molecule has 0 spiro atoms. The highest BCUT2D eigenvalue weighted by molar-refractivity contribution is 6.30. The van der Waals surface area contributed by atoms with E-state index in [1.54, 1.807) is 48.5 Å². The van der Waals surface area contributed by atoms with E-state index >= 15 is 0 Å². The van der Waals surface area contributed by atoms with Crippen LogP contribution in [0.5, 0.6) is 0 Å². The third kappa shape index (κ3) is 5.17. The lowest BCUT2D eigenvalue weighted by Crippen LogP contribution is -2.06. The molecule has 0 atom stereocenters. The van der Waals surface area contributed by atoms with Crippen molar-refractivity contribution in [2.45, 2.75) is 19.4 Å². The minimum Gasteiger partial charge on any atom is -0.465 e. The number of aromatic nitrogens is 2. The van der Waals surface area contributed by atoms with Crippen molar-refractivity contribution in [1.29, 1.82) is 0 Å². The van der Waals surface area contributed by atoms with Gasteiger partial charge in [0.15, 0.2) is 0 Å². The number of rotatable bonds is 7. The Morgan fingerprint density at radius 2 is 1.79 bits per heavy atom. The molecule has 0 bridgehead atoms. The van der Waals surface area contributed by atoms with Gasteiger partial charge in [-0.25, -0.2) is 4.79 Å². The summed E-state index contributed by atoms with van der Waals surface area (Å²) in [5.41, 5.74) is 1.98. The fourth-order valence-corrected chi connectivity index (χ4v) is 2.50. The topological polar surface area (TPSA) is 91.5 Å². The molecule has 28 heavy (non-hydrogen) atoms. The van der Waals surface area contributed by atoms with Crippen LogP contribution in [0.15, 0.2) is 53.1 Å². The first-order chi connectivity index (χ1) is 13.5. The lowest BCUT2D eigenvalue weighted by atomic mass is 10.1. The molecule has 7 nitrogen and oxygen atoms in total. The summed E-state index contributed by atoms with van der Waals surface area (Å²) in [4.78, 5) is 27.6. The second-order valence-electron chi connectivity index (χ2n) is 5.87. The summed E-state index contributed by atoms with van der Waals surface area (Å²) < 4.78 is 15.0. The Morgan fingerprint density at radius 1 is 1.07 bits per heavy atom. The molecule has 144 valence electrons. The summed E-state index contributed by atoms with van der Waals surface area (Å²) >= 11 is 5.85. The average molecular weight is 401 g/mol. The van der Waals surface area contributed by atoms with Crippen molar-refractivity contribution in [3.63, 3.8) is 0 Å². The molecule has 0 saturated heterocycles. The van der Waals surface area contributed by atoms with E-state index in [0.717, 1.165) is 11.1 Å². The zero-order valence-corrected chi connectivity index (χ0v) is 15.8. The van der Waals surface area contributed by atoms with Crippen LogP contribution in [0.1, 0.15) is 28.2 Å². The molecule has 0 unspecified atom stereocenters. The summed E-state index contributed by atoms with van der Waals surface area (Å²) in [5, 5.41) is 4.52. The van der Waals surface area contributed by atoms with Crippen molar-refractivity contribution in [3.8, 4) is 11.4 Å². The molecule has 0 radical (unpaired) electrons. The Hall–Kier alpha value is -3.19. The molecule has 2 aromatic carbocycles. The molecule has 3 aromatic rings. The molecule has 0 N–H and O–H groups in total. The zero-order chi connectivity index (χ0) is 19.9. The highest BCUT2D eigenvalue weighted by Crippen LogP contribution is 2.19. The summed E-state index contributed by atoms with van der Waals surface area (Å²) in [6.45, 7) is 0.111. The number of halogens is 1. The van der Waals surface area contributed by atoms with Gasteiger partial charge < -0.3 is 14.0 Å². The second kappa shape index (κ2) is 9.14. The number of carbonyl (C=O) groups is 2. The number of nitrogens with zero attached hydrogens (tertiary/aromatic N) is 2. The van der Waals surface area contributed by atoms with Crippen LogP contribution in [0.4, 0.5) is 0 Å². The Labute approximate surface area is 166 Å². The first-order valence-electron chi connectivity index (χ1n) is 8.46. The molecule has 8 heteroatoms. The molecule has 0 amide bonds. The molecule has 1 aromatic heterocycles. The molecule has 0 aliphatic carbocycles.